The van der Waals surface area contributed by atoms with Gasteiger partial charge in [-0.3, -0.25) is 14.5 Å². The average Bonchev–Trinajstić information content (AvgIpc) is 3.76. The number of ether oxygens (including phenoxy) is 3. The third kappa shape index (κ3) is 8.37. The average molecular weight is 637 g/mol. The molecule has 3 amide bonds. The summed E-state index contributed by atoms with van der Waals surface area (Å²) in [6, 6.07) is 5.25. The topological polar surface area (TPSA) is 119 Å². The number of guanidine groups is 1. The van der Waals surface area contributed by atoms with Crippen molar-refractivity contribution in [3.8, 4) is 5.75 Å². The number of carbonyl (C=O) groups excluding carboxylic acids is 3. The van der Waals surface area contributed by atoms with Crippen LogP contribution in [0, 0.1) is 11.8 Å². The molecule has 2 N–H and O–H groups in total. The Kier molecular flexibility index (Phi) is 10.7. The number of allylic oxidation sites excluding steroid dienone is 1. The zero-order valence-electron chi connectivity index (χ0n) is 28.6. The zero-order valence-corrected chi connectivity index (χ0v) is 28.6. The van der Waals surface area contributed by atoms with E-state index in [0.717, 1.165) is 16.9 Å². The van der Waals surface area contributed by atoms with E-state index in [1.807, 2.05) is 45.0 Å². The Morgan fingerprint density at radius 2 is 2.02 bits per heavy atom. The molecule has 10 nitrogen and oxygen atoms in total. The van der Waals surface area contributed by atoms with E-state index in [-0.39, 0.29) is 42.1 Å². The monoisotopic (exact) mass is 636 g/mol. The van der Waals surface area contributed by atoms with Crippen LogP contribution in [0.3, 0.4) is 0 Å². The van der Waals surface area contributed by atoms with Crippen LogP contribution in [0.4, 0.5) is 4.79 Å². The smallest absolute Gasteiger partial charge is 0.437 e. The quantitative estimate of drug-likeness (QED) is 0.258. The van der Waals surface area contributed by atoms with Gasteiger partial charge in [-0.15, -0.1) is 11.6 Å². The van der Waals surface area contributed by atoms with E-state index in [0.29, 0.717) is 45.1 Å². The fourth-order valence-electron chi connectivity index (χ4n) is 6.67. The molecule has 252 valence electrons. The Labute approximate surface area is 274 Å². The van der Waals surface area contributed by atoms with Crippen LogP contribution in [0.15, 0.2) is 42.4 Å². The molecule has 4 rings (SSSR count). The van der Waals surface area contributed by atoms with Crippen LogP contribution in [-0.2, 0) is 19.1 Å². The fourth-order valence-corrected chi connectivity index (χ4v) is 6.67. The van der Waals surface area contributed by atoms with Gasteiger partial charge in [0.05, 0.1) is 12.5 Å². The molecule has 0 unspecified atom stereocenters. The lowest BCUT2D eigenvalue weighted by atomic mass is 9.84. The first-order chi connectivity index (χ1) is 21.6. The number of rotatable bonds is 12. The molecule has 1 aromatic rings. The maximum absolute atomic E-state index is 14.1. The van der Waals surface area contributed by atoms with Crippen molar-refractivity contribution in [3.05, 3.63) is 48.6 Å². The highest BCUT2D eigenvalue weighted by atomic mass is 16.6. The number of nitrogens with zero attached hydrogens (tertiary/aromatic N) is 2. The summed E-state index contributed by atoms with van der Waals surface area (Å²) in [5.74, 6) is 0.257. The largest absolute Gasteiger partial charge is 0.487 e. The lowest BCUT2D eigenvalue weighted by Gasteiger charge is -2.45. The van der Waals surface area contributed by atoms with E-state index in [2.05, 4.69) is 28.8 Å². The van der Waals surface area contributed by atoms with Gasteiger partial charge in [-0.25, -0.2) is 4.79 Å². The van der Waals surface area contributed by atoms with Crippen molar-refractivity contribution in [1.29, 1.82) is 0 Å². The van der Waals surface area contributed by atoms with Gasteiger partial charge in [-0.05, 0) is 90.3 Å². The van der Waals surface area contributed by atoms with Gasteiger partial charge < -0.3 is 24.8 Å². The standard InChI is InChI=1S/C36H52N4O6/c1-10-13-17-36(12-3)22-30(41)40(32(39-36)38-33(43)46-34(4,5)6)28(16-18-44-9)24-20-25(24)31(42)37-27-21-35(7,8)45-29-15-14-23(11-2)19-26(27)29/h10-11,14-15,19,24-25,27-28H,1-2,12-13,16-18,20-22H2,3-9H3,(H,37,42)(H,38,39,43)/t24-,25-,27-,28+,36+/m0/s1. The van der Waals surface area contributed by atoms with E-state index >= 15 is 0 Å². The Balaban J connectivity index is 1.61. The molecule has 5 atom stereocenters. The number of carbonyl (C=O) groups is 3. The van der Waals surface area contributed by atoms with Gasteiger partial charge in [-0.1, -0.05) is 31.7 Å². The van der Waals surface area contributed by atoms with E-state index in [9.17, 15) is 14.4 Å². The third-order valence-electron chi connectivity index (χ3n) is 9.12. The van der Waals surface area contributed by atoms with E-state index in [1.54, 1.807) is 38.9 Å². The minimum absolute atomic E-state index is 0.0676. The summed E-state index contributed by atoms with van der Waals surface area (Å²) < 4.78 is 17.2. The van der Waals surface area contributed by atoms with Gasteiger partial charge in [0.1, 0.15) is 17.0 Å². The third-order valence-corrected chi connectivity index (χ3v) is 9.12. The normalized spacial score (nSPS) is 26.7. The Morgan fingerprint density at radius 1 is 1.28 bits per heavy atom. The van der Waals surface area contributed by atoms with E-state index in [1.165, 1.54) is 0 Å². The highest BCUT2D eigenvalue weighted by Gasteiger charge is 2.54. The Hall–Kier alpha value is -3.66. The minimum Gasteiger partial charge on any atom is -0.487 e. The summed E-state index contributed by atoms with van der Waals surface area (Å²) in [7, 11) is 1.61. The molecule has 1 saturated carbocycles. The minimum atomic E-state index is -0.779. The molecule has 1 aromatic carbocycles. The van der Waals surface area contributed by atoms with Gasteiger partial charge in [0.2, 0.25) is 17.8 Å². The first-order valence-electron chi connectivity index (χ1n) is 16.4. The van der Waals surface area contributed by atoms with E-state index < -0.39 is 28.9 Å². The summed E-state index contributed by atoms with van der Waals surface area (Å²) in [5.41, 5.74) is 0.0856. The van der Waals surface area contributed by atoms with Gasteiger partial charge in [0, 0.05) is 43.2 Å². The lowest BCUT2D eigenvalue weighted by Crippen LogP contribution is -2.65. The van der Waals surface area contributed by atoms with Crippen LogP contribution >= 0.6 is 0 Å². The van der Waals surface area contributed by atoms with Crippen molar-refractivity contribution in [2.24, 2.45) is 16.8 Å². The number of nitrogens with one attached hydrogen (secondary N) is 2. The first-order valence-corrected chi connectivity index (χ1v) is 16.4. The number of benzene rings is 1. The molecular formula is C36H52N4O6. The number of aliphatic imine (C=N–C) groups is 1. The molecule has 2 fully saturated rings. The predicted octanol–water partition coefficient (Wildman–Crippen LogP) is 6.32. The summed E-state index contributed by atoms with van der Waals surface area (Å²) >= 11 is 0. The second kappa shape index (κ2) is 14.0. The SMILES string of the molecule is C=CCC[C@]1(CC)CC(=O)N([C@H](CCOC)[C@H]2C[C@@H]2C(=O)N[C@H]2CC(C)(C)Oc3ccc(C=C)cc32)/C(=N/C(=O)OC(C)(C)C)N1. The predicted molar refractivity (Wildman–Crippen MR) is 179 cm³/mol. The Bertz CT molecular complexity index is 1360. The number of hydrogen-bond acceptors (Lipinski definition) is 6. The number of amides is 3. The molecule has 2 heterocycles. The second-order valence-corrected chi connectivity index (χ2v) is 14.4. The molecule has 0 bridgehead atoms. The van der Waals surface area contributed by atoms with Crippen molar-refractivity contribution in [1.82, 2.24) is 15.5 Å². The van der Waals surface area contributed by atoms with Crippen molar-refractivity contribution in [3.63, 3.8) is 0 Å². The van der Waals surface area contributed by atoms with E-state index in [4.69, 9.17) is 14.2 Å². The maximum atomic E-state index is 14.1. The van der Waals surface area contributed by atoms with Crippen LogP contribution in [-0.4, -0.2) is 65.3 Å². The summed E-state index contributed by atoms with van der Waals surface area (Å²) in [5, 5.41) is 6.77. The molecule has 0 radical (unpaired) electrons. The second-order valence-electron chi connectivity index (χ2n) is 14.4. The Morgan fingerprint density at radius 3 is 2.65 bits per heavy atom. The van der Waals surface area contributed by atoms with Gasteiger partial charge in [-0.2, -0.15) is 0 Å². The molecule has 3 aliphatic rings. The highest BCUT2D eigenvalue weighted by molar-refractivity contribution is 6.04. The highest BCUT2D eigenvalue weighted by Crippen LogP contribution is 2.47. The van der Waals surface area contributed by atoms with Crippen molar-refractivity contribution < 1.29 is 28.6 Å². The number of methoxy groups -OCH3 is 1. The zero-order chi connectivity index (χ0) is 33.9. The molecule has 2 aliphatic heterocycles. The molecule has 1 saturated heterocycles. The van der Waals surface area contributed by atoms with Crippen LogP contribution < -0.4 is 15.4 Å². The summed E-state index contributed by atoms with van der Waals surface area (Å²) in [6.45, 7) is 19.5. The molecular weight excluding hydrogens is 584 g/mol. The molecule has 0 spiro atoms. The van der Waals surface area contributed by atoms with Crippen molar-refractivity contribution in [2.45, 2.75) is 115 Å². The van der Waals surface area contributed by atoms with Crippen LogP contribution in [0.5, 0.6) is 5.75 Å². The van der Waals surface area contributed by atoms with Crippen molar-refractivity contribution in [2.75, 3.05) is 13.7 Å². The van der Waals surface area contributed by atoms with Gasteiger partial charge in [0.15, 0.2) is 0 Å². The number of fused-ring (bicyclic) bond motifs is 1. The van der Waals surface area contributed by atoms with Gasteiger partial charge in [0.25, 0.3) is 0 Å². The lowest BCUT2D eigenvalue weighted by molar-refractivity contribution is -0.134. The van der Waals surface area contributed by atoms with Crippen LogP contribution in [0.2, 0.25) is 0 Å². The number of hydrogen-bond donors (Lipinski definition) is 2. The summed E-state index contributed by atoms with van der Waals surface area (Å²) in [4.78, 5) is 46.8. The first kappa shape index (κ1) is 35.2. The molecule has 46 heavy (non-hydrogen) atoms. The van der Waals surface area contributed by atoms with Crippen molar-refractivity contribution >= 4 is 29.9 Å². The summed E-state index contributed by atoms with van der Waals surface area (Å²) in [6.07, 6.45) is 6.77. The van der Waals surface area contributed by atoms with Gasteiger partial charge >= 0.3 is 6.09 Å². The molecule has 1 aliphatic carbocycles. The maximum Gasteiger partial charge on any atom is 0.437 e. The van der Waals surface area contributed by atoms with Crippen LogP contribution in [0.1, 0.15) is 104 Å². The van der Waals surface area contributed by atoms with Crippen LogP contribution in [0.25, 0.3) is 6.08 Å². The fraction of sp³-hybridized carbons (Fsp3) is 0.611. The molecule has 10 heteroatoms. The molecule has 0 aromatic heterocycles.